The zero-order valence-electron chi connectivity index (χ0n) is 11.4. The quantitative estimate of drug-likeness (QED) is 0.503. The molecule has 4 amide bonds. The molecule has 2 saturated heterocycles. The van der Waals surface area contributed by atoms with Gasteiger partial charge in [0.25, 0.3) is 11.8 Å². The first-order chi connectivity index (χ1) is 10.00. The third kappa shape index (κ3) is 2.31. The van der Waals surface area contributed by atoms with Crippen LogP contribution >= 0.6 is 0 Å². The molecule has 0 aliphatic carbocycles. The highest BCUT2D eigenvalue weighted by Crippen LogP contribution is 2.25. The number of likely N-dealkylation sites (tertiary alicyclic amines) is 1. The van der Waals surface area contributed by atoms with Crippen molar-refractivity contribution in [1.29, 1.82) is 0 Å². The Labute approximate surface area is 121 Å². The summed E-state index contributed by atoms with van der Waals surface area (Å²) in [5.74, 6) is -0.523. The van der Waals surface area contributed by atoms with Crippen LogP contribution in [0.25, 0.3) is 0 Å². The second-order valence-corrected chi connectivity index (χ2v) is 5.44. The summed E-state index contributed by atoms with van der Waals surface area (Å²) in [7, 11) is 0. The summed E-state index contributed by atoms with van der Waals surface area (Å²) in [4.78, 5) is 37.4. The lowest BCUT2D eigenvalue weighted by Crippen LogP contribution is -2.59. The molecular formula is C14H16N4O3. The van der Waals surface area contributed by atoms with E-state index in [4.69, 9.17) is 5.73 Å². The molecule has 1 aromatic carbocycles. The molecule has 2 aliphatic heterocycles. The average Bonchev–Trinajstić information content (AvgIpc) is 2.73. The van der Waals surface area contributed by atoms with Gasteiger partial charge in [-0.1, -0.05) is 0 Å². The molecule has 110 valence electrons. The molecule has 7 nitrogen and oxygen atoms in total. The summed E-state index contributed by atoms with van der Waals surface area (Å²) in [5.41, 5.74) is 5.73. The van der Waals surface area contributed by atoms with Crippen molar-refractivity contribution in [3.05, 3.63) is 29.8 Å². The number of piperidine rings is 1. The summed E-state index contributed by atoms with van der Waals surface area (Å²) >= 11 is 0. The Balaban J connectivity index is 1.80. The molecule has 2 fully saturated rings. The number of hydrogen-bond donors (Lipinski definition) is 3. The molecule has 4 N–H and O–H groups in total. The van der Waals surface area contributed by atoms with Gasteiger partial charge in [0.2, 0.25) is 0 Å². The Morgan fingerprint density at radius 3 is 2.57 bits per heavy atom. The minimum atomic E-state index is -0.987. The summed E-state index contributed by atoms with van der Waals surface area (Å²) in [6.07, 6.45) is 1.20. The van der Waals surface area contributed by atoms with Crippen molar-refractivity contribution in [1.82, 2.24) is 15.5 Å². The van der Waals surface area contributed by atoms with Gasteiger partial charge >= 0.3 is 6.03 Å². The van der Waals surface area contributed by atoms with E-state index in [0.29, 0.717) is 30.6 Å². The molecule has 0 aromatic heterocycles. The van der Waals surface area contributed by atoms with Gasteiger partial charge in [0.1, 0.15) is 5.54 Å². The number of nitrogen functional groups attached to an aromatic ring is 1. The van der Waals surface area contributed by atoms with Gasteiger partial charge in [0, 0.05) is 17.8 Å². The van der Waals surface area contributed by atoms with E-state index in [0.717, 1.165) is 0 Å². The molecule has 0 saturated carbocycles. The van der Waals surface area contributed by atoms with E-state index in [1.165, 1.54) is 0 Å². The van der Waals surface area contributed by atoms with Gasteiger partial charge in [-0.3, -0.25) is 14.9 Å². The van der Waals surface area contributed by atoms with Gasteiger partial charge in [-0.15, -0.1) is 0 Å². The number of nitrogens with two attached hydrogens (primary N) is 1. The number of nitrogens with one attached hydrogen (secondary N) is 2. The minimum absolute atomic E-state index is 0.164. The van der Waals surface area contributed by atoms with Crippen LogP contribution in [0, 0.1) is 0 Å². The van der Waals surface area contributed by atoms with Crippen LogP contribution in [0.1, 0.15) is 23.2 Å². The topological polar surface area (TPSA) is 105 Å². The molecule has 1 aromatic rings. The number of anilines is 1. The van der Waals surface area contributed by atoms with E-state index >= 15 is 0 Å². The third-order valence-corrected chi connectivity index (χ3v) is 3.95. The number of amides is 4. The second kappa shape index (κ2) is 4.76. The number of carbonyl (C=O) groups excluding carboxylic acids is 3. The van der Waals surface area contributed by atoms with Crippen molar-refractivity contribution in [2.45, 2.75) is 18.4 Å². The lowest BCUT2D eigenvalue weighted by Gasteiger charge is -2.38. The van der Waals surface area contributed by atoms with Crippen LogP contribution in [0.5, 0.6) is 0 Å². The number of carbonyl (C=O) groups is 3. The highest BCUT2D eigenvalue weighted by atomic mass is 16.2. The third-order valence-electron chi connectivity index (χ3n) is 3.95. The molecule has 7 heteroatoms. The maximum atomic E-state index is 12.5. The van der Waals surface area contributed by atoms with Crippen molar-refractivity contribution in [3.8, 4) is 0 Å². The highest BCUT2D eigenvalue weighted by molar-refractivity contribution is 6.07. The van der Waals surface area contributed by atoms with Crippen LogP contribution in [0.3, 0.4) is 0 Å². The van der Waals surface area contributed by atoms with Gasteiger partial charge in [-0.25, -0.2) is 4.79 Å². The maximum Gasteiger partial charge on any atom is 0.322 e. The van der Waals surface area contributed by atoms with Crippen LogP contribution in [0.15, 0.2) is 24.3 Å². The minimum Gasteiger partial charge on any atom is -0.399 e. The summed E-state index contributed by atoms with van der Waals surface area (Å²) < 4.78 is 0. The van der Waals surface area contributed by atoms with Crippen LogP contribution in [0.2, 0.25) is 0 Å². The molecule has 1 atom stereocenters. The molecule has 1 unspecified atom stereocenters. The van der Waals surface area contributed by atoms with Gasteiger partial charge < -0.3 is 16.0 Å². The first-order valence-corrected chi connectivity index (χ1v) is 6.79. The molecule has 0 bridgehead atoms. The first-order valence-electron chi connectivity index (χ1n) is 6.79. The average molecular weight is 288 g/mol. The number of imide groups is 1. The van der Waals surface area contributed by atoms with E-state index in [1.807, 2.05) is 0 Å². The highest BCUT2D eigenvalue weighted by Gasteiger charge is 2.49. The predicted octanol–water partition coefficient (Wildman–Crippen LogP) is 0.0830. The van der Waals surface area contributed by atoms with Crippen LogP contribution in [-0.4, -0.2) is 41.4 Å². The fourth-order valence-electron chi connectivity index (χ4n) is 2.85. The van der Waals surface area contributed by atoms with Crippen LogP contribution < -0.4 is 16.4 Å². The van der Waals surface area contributed by atoms with E-state index < -0.39 is 11.6 Å². The monoisotopic (exact) mass is 288 g/mol. The van der Waals surface area contributed by atoms with Gasteiger partial charge in [-0.2, -0.15) is 0 Å². The number of benzene rings is 1. The molecule has 21 heavy (non-hydrogen) atoms. The van der Waals surface area contributed by atoms with E-state index in [2.05, 4.69) is 10.6 Å². The Morgan fingerprint density at radius 1 is 1.24 bits per heavy atom. The van der Waals surface area contributed by atoms with Crippen molar-refractivity contribution in [2.24, 2.45) is 0 Å². The molecule has 2 heterocycles. The largest absolute Gasteiger partial charge is 0.399 e. The van der Waals surface area contributed by atoms with Crippen LogP contribution in [0.4, 0.5) is 10.5 Å². The normalized spacial score (nSPS) is 24.9. The van der Waals surface area contributed by atoms with Gasteiger partial charge in [0.05, 0.1) is 6.54 Å². The first kappa shape index (κ1) is 13.4. The Bertz CT molecular complexity index is 613. The molecule has 3 rings (SSSR count). The zero-order valence-corrected chi connectivity index (χ0v) is 11.4. The second-order valence-electron chi connectivity index (χ2n) is 5.44. The number of nitrogens with zero attached hydrogens (tertiary/aromatic N) is 1. The van der Waals surface area contributed by atoms with Gasteiger partial charge in [0.15, 0.2) is 0 Å². The maximum absolute atomic E-state index is 12.5. The number of rotatable bonds is 1. The lowest BCUT2D eigenvalue weighted by molar-refractivity contribution is -0.125. The number of urea groups is 1. The Hall–Kier alpha value is -2.57. The fourth-order valence-corrected chi connectivity index (χ4v) is 2.85. The lowest BCUT2D eigenvalue weighted by atomic mass is 9.89. The zero-order chi connectivity index (χ0) is 15.0. The molecule has 0 radical (unpaired) electrons. The van der Waals surface area contributed by atoms with E-state index in [9.17, 15) is 14.4 Å². The smallest absolute Gasteiger partial charge is 0.322 e. The van der Waals surface area contributed by atoms with E-state index in [1.54, 1.807) is 29.2 Å². The van der Waals surface area contributed by atoms with Crippen molar-refractivity contribution < 1.29 is 14.4 Å². The fraction of sp³-hybridized carbons (Fsp3) is 0.357. The standard InChI is InChI=1S/C14H16N4O3/c15-10-4-2-9(3-5-10)11(19)18-7-1-6-14(8-18)12(20)16-13(21)17-14/h2-5H,1,6-8,15H2,(H2,16,17,20,21). The molecular weight excluding hydrogens is 272 g/mol. The Morgan fingerprint density at radius 2 is 1.95 bits per heavy atom. The van der Waals surface area contributed by atoms with Gasteiger partial charge in [-0.05, 0) is 37.1 Å². The summed E-state index contributed by atoms with van der Waals surface area (Å²) in [6.45, 7) is 0.752. The van der Waals surface area contributed by atoms with Crippen molar-refractivity contribution in [3.63, 3.8) is 0 Å². The van der Waals surface area contributed by atoms with Crippen LogP contribution in [-0.2, 0) is 4.79 Å². The molecule has 1 spiro atoms. The SMILES string of the molecule is Nc1ccc(C(=O)N2CCCC3(C2)NC(=O)NC3=O)cc1. The molecule has 2 aliphatic rings. The number of hydrogen-bond acceptors (Lipinski definition) is 4. The van der Waals surface area contributed by atoms with Crippen molar-refractivity contribution >= 4 is 23.5 Å². The summed E-state index contributed by atoms with van der Waals surface area (Å²) in [6, 6.07) is 6.15. The Kier molecular flexibility index (Phi) is 3.04. The van der Waals surface area contributed by atoms with E-state index in [-0.39, 0.29) is 18.4 Å². The summed E-state index contributed by atoms with van der Waals surface area (Å²) in [5, 5.41) is 4.89. The predicted molar refractivity (Wildman–Crippen MR) is 75.4 cm³/mol. The van der Waals surface area contributed by atoms with Crippen molar-refractivity contribution in [2.75, 3.05) is 18.8 Å².